The summed E-state index contributed by atoms with van der Waals surface area (Å²) in [5.74, 6) is -0.0378. The number of thiophene rings is 1. The van der Waals surface area contributed by atoms with E-state index in [9.17, 15) is 4.79 Å². The Morgan fingerprint density at radius 3 is 3.20 bits per heavy atom. The number of aromatic nitrogens is 3. The summed E-state index contributed by atoms with van der Waals surface area (Å²) in [6.07, 6.45) is 3.73. The van der Waals surface area contributed by atoms with E-state index in [0.717, 1.165) is 19.4 Å². The highest BCUT2D eigenvalue weighted by Crippen LogP contribution is 2.35. The molecule has 1 amide bonds. The average Bonchev–Trinajstić information content (AvgIpc) is 3.19. The molecule has 2 aromatic rings. The zero-order chi connectivity index (χ0) is 13.9. The van der Waals surface area contributed by atoms with E-state index in [4.69, 9.17) is 5.73 Å². The number of amides is 1. The predicted octanol–water partition coefficient (Wildman–Crippen LogP) is 1.28. The molecule has 0 bridgehead atoms. The molecule has 7 heteroatoms. The van der Waals surface area contributed by atoms with Crippen LogP contribution in [0.15, 0.2) is 23.7 Å². The first-order valence-electron chi connectivity index (χ1n) is 6.74. The molecule has 6 nitrogen and oxygen atoms in total. The third-order valence-corrected chi connectivity index (χ3v) is 4.47. The molecule has 0 spiro atoms. The third kappa shape index (κ3) is 2.46. The highest BCUT2D eigenvalue weighted by atomic mass is 32.1. The zero-order valence-corrected chi connectivity index (χ0v) is 11.9. The third-order valence-electron chi connectivity index (χ3n) is 3.50. The molecule has 1 fully saturated rings. The smallest absolute Gasteiger partial charge is 0.276 e. The summed E-state index contributed by atoms with van der Waals surface area (Å²) >= 11 is 1.70. The largest absolute Gasteiger partial charge is 0.329 e. The number of carbonyl (C=O) groups is 1. The standard InChI is InChI=1S/C13H17N5OS/c14-5-7-17-9-10(15-16-17)13(19)18-6-1-3-11(18)12-4-2-8-20-12/h2,4,8-9,11H,1,3,5-7,14H2. The molecule has 2 aromatic heterocycles. The lowest BCUT2D eigenvalue weighted by Gasteiger charge is -2.22. The van der Waals surface area contributed by atoms with Gasteiger partial charge in [-0.25, -0.2) is 0 Å². The molecule has 3 heterocycles. The van der Waals surface area contributed by atoms with Crippen molar-refractivity contribution in [2.45, 2.75) is 25.4 Å². The number of carbonyl (C=O) groups excluding carboxylic acids is 1. The van der Waals surface area contributed by atoms with Crippen LogP contribution in [0.4, 0.5) is 0 Å². The molecule has 106 valence electrons. The van der Waals surface area contributed by atoms with Gasteiger partial charge in [-0.3, -0.25) is 9.48 Å². The van der Waals surface area contributed by atoms with Crippen LogP contribution in [0, 0.1) is 0 Å². The van der Waals surface area contributed by atoms with E-state index in [2.05, 4.69) is 16.4 Å². The van der Waals surface area contributed by atoms with Crippen LogP contribution in [0.5, 0.6) is 0 Å². The molecule has 1 aliphatic heterocycles. The van der Waals surface area contributed by atoms with Gasteiger partial charge in [0.1, 0.15) is 0 Å². The van der Waals surface area contributed by atoms with E-state index in [1.54, 1.807) is 22.2 Å². The van der Waals surface area contributed by atoms with Gasteiger partial charge in [0.15, 0.2) is 5.69 Å². The second kappa shape index (κ2) is 5.72. The van der Waals surface area contributed by atoms with Crippen LogP contribution in [-0.2, 0) is 6.54 Å². The molecule has 1 aliphatic rings. The van der Waals surface area contributed by atoms with Crippen LogP contribution in [0.2, 0.25) is 0 Å². The number of hydrogen-bond acceptors (Lipinski definition) is 5. The van der Waals surface area contributed by atoms with Crippen LogP contribution < -0.4 is 5.73 Å². The Morgan fingerprint density at radius 2 is 2.45 bits per heavy atom. The lowest BCUT2D eigenvalue weighted by atomic mass is 10.2. The van der Waals surface area contributed by atoms with Gasteiger partial charge < -0.3 is 10.6 Å². The van der Waals surface area contributed by atoms with Crippen molar-refractivity contribution in [3.8, 4) is 0 Å². The molecule has 20 heavy (non-hydrogen) atoms. The molecule has 1 unspecified atom stereocenters. The van der Waals surface area contributed by atoms with Crippen LogP contribution in [-0.4, -0.2) is 38.9 Å². The van der Waals surface area contributed by atoms with E-state index >= 15 is 0 Å². The van der Waals surface area contributed by atoms with Crippen molar-refractivity contribution in [3.63, 3.8) is 0 Å². The molecular formula is C13H17N5OS. The summed E-state index contributed by atoms with van der Waals surface area (Å²) in [6, 6.07) is 4.30. The Labute approximate surface area is 121 Å². The maximum absolute atomic E-state index is 12.6. The minimum Gasteiger partial charge on any atom is -0.329 e. The van der Waals surface area contributed by atoms with Crippen molar-refractivity contribution in [2.24, 2.45) is 5.73 Å². The summed E-state index contributed by atoms with van der Waals surface area (Å²) in [5, 5.41) is 9.94. The molecule has 3 rings (SSSR count). The lowest BCUT2D eigenvalue weighted by Crippen LogP contribution is -2.30. The predicted molar refractivity (Wildman–Crippen MR) is 76.4 cm³/mol. The fourth-order valence-corrected chi connectivity index (χ4v) is 3.45. The second-order valence-electron chi connectivity index (χ2n) is 4.83. The van der Waals surface area contributed by atoms with Gasteiger partial charge >= 0.3 is 0 Å². The molecule has 1 saturated heterocycles. The first kappa shape index (κ1) is 13.3. The second-order valence-corrected chi connectivity index (χ2v) is 5.81. The van der Waals surface area contributed by atoms with Gasteiger partial charge in [0.25, 0.3) is 5.91 Å². The fourth-order valence-electron chi connectivity index (χ4n) is 2.57. The van der Waals surface area contributed by atoms with E-state index in [0.29, 0.717) is 18.8 Å². The molecule has 0 saturated carbocycles. The summed E-state index contributed by atoms with van der Waals surface area (Å²) in [5.41, 5.74) is 5.88. The van der Waals surface area contributed by atoms with Crippen LogP contribution in [0.3, 0.4) is 0 Å². The highest BCUT2D eigenvalue weighted by Gasteiger charge is 2.32. The molecule has 0 aromatic carbocycles. The number of nitrogens with zero attached hydrogens (tertiary/aromatic N) is 4. The molecule has 2 N–H and O–H groups in total. The minimum atomic E-state index is -0.0378. The van der Waals surface area contributed by atoms with Gasteiger partial charge in [-0.05, 0) is 24.3 Å². The van der Waals surface area contributed by atoms with Crippen molar-refractivity contribution >= 4 is 17.2 Å². The summed E-state index contributed by atoms with van der Waals surface area (Å²) < 4.78 is 1.61. The highest BCUT2D eigenvalue weighted by molar-refractivity contribution is 7.10. The molecule has 1 atom stereocenters. The monoisotopic (exact) mass is 291 g/mol. The molecule has 0 aliphatic carbocycles. The van der Waals surface area contributed by atoms with Crippen LogP contribution in [0.25, 0.3) is 0 Å². The Kier molecular flexibility index (Phi) is 3.79. The van der Waals surface area contributed by atoms with Crippen molar-refractivity contribution in [1.82, 2.24) is 19.9 Å². The summed E-state index contributed by atoms with van der Waals surface area (Å²) in [4.78, 5) is 15.7. The maximum Gasteiger partial charge on any atom is 0.276 e. The van der Waals surface area contributed by atoms with Gasteiger partial charge in [-0.1, -0.05) is 11.3 Å². The van der Waals surface area contributed by atoms with E-state index in [1.807, 2.05) is 16.3 Å². The Hall–Kier alpha value is -1.73. The van der Waals surface area contributed by atoms with Crippen molar-refractivity contribution in [2.75, 3.05) is 13.1 Å². The van der Waals surface area contributed by atoms with Gasteiger partial charge in [-0.15, -0.1) is 16.4 Å². The Bertz CT molecular complexity index is 579. The van der Waals surface area contributed by atoms with Gasteiger partial charge in [0, 0.05) is 18.0 Å². The number of likely N-dealkylation sites (tertiary alicyclic amines) is 1. The molecular weight excluding hydrogens is 274 g/mol. The fraction of sp³-hybridized carbons (Fsp3) is 0.462. The Morgan fingerprint density at radius 1 is 1.55 bits per heavy atom. The van der Waals surface area contributed by atoms with Crippen molar-refractivity contribution in [3.05, 3.63) is 34.3 Å². The quantitative estimate of drug-likeness (QED) is 0.920. The van der Waals surface area contributed by atoms with Gasteiger partial charge in [-0.2, -0.15) is 0 Å². The average molecular weight is 291 g/mol. The summed E-state index contributed by atoms with van der Waals surface area (Å²) in [6.45, 7) is 1.85. The zero-order valence-electron chi connectivity index (χ0n) is 11.1. The normalized spacial score (nSPS) is 18.6. The number of rotatable bonds is 4. The first-order chi connectivity index (χ1) is 9.79. The van der Waals surface area contributed by atoms with Crippen LogP contribution in [0.1, 0.15) is 34.2 Å². The topological polar surface area (TPSA) is 77.0 Å². The van der Waals surface area contributed by atoms with E-state index in [1.165, 1.54) is 4.88 Å². The van der Waals surface area contributed by atoms with E-state index in [-0.39, 0.29) is 11.9 Å². The Balaban J connectivity index is 1.78. The SMILES string of the molecule is NCCn1cc(C(=O)N2CCCC2c2cccs2)nn1. The first-order valence-corrected chi connectivity index (χ1v) is 7.62. The van der Waals surface area contributed by atoms with Crippen molar-refractivity contribution < 1.29 is 4.79 Å². The lowest BCUT2D eigenvalue weighted by molar-refractivity contribution is 0.0732. The van der Waals surface area contributed by atoms with E-state index < -0.39 is 0 Å². The number of hydrogen-bond donors (Lipinski definition) is 1. The van der Waals surface area contributed by atoms with Gasteiger partial charge in [0.05, 0.1) is 18.8 Å². The van der Waals surface area contributed by atoms with Crippen molar-refractivity contribution in [1.29, 1.82) is 0 Å². The number of nitrogens with two attached hydrogens (primary N) is 1. The van der Waals surface area contributed by atoms with Crippen LogP contribution >= 0.6 is 11.3 Å². The minimum absolute atomic E-state index is 0.0378. The molecule has 0 radical (unpaired) electrons. The summed E-state index contributed by atoms with van der Waals surface area (Å²) in [7, 11) is 0. The van der Waals surface area contributed by atoms with Gasteiger partial charge in [0.2, 0.25) is 0 Å². The maximum atomic E-state index is 12.6.